The van der Waals surface area contributed by atoms with Crippen LogP contribution in [0.25, 0.3) is 0 Å². The van der Waals surface area contributed by atoms with Crippen LogP contribution in [-0.2, 0) is 11.3 Å². The Labute approximate surface area is 82.9 Å². The van der Waals surface area contributed by atoms with Crippen LogP contribution in [0.2, 0.25) is 0 Å². The summed E-state index contributed by atoms with van der Waals surface area (Å²) in [5.74, 6) is 0.486. The van der Waals surface area contributed by atoms with Crippen LogP contribution < -0.4 is 0 Å². The van der Waals surface area contributed by atoms with Crippen molar-refractivity contribution in [2.75, 3.05) is 6.61 Å². The molecule has 76 valence electrons. The molecule has 0 unspecified atom stereocenters. The fourth-order valence-electron chi connectivity index (χ4n) is 1.35. The van der Waals surface area contributed by atoms with E-state index in [1.165, 1.54) is 12.8 Å². The summed E-state index contributed by atoms with van der Waals surface area (Å²) in [5, 5.41) is 4.12. The fraction of sp³-hybridized carbons (Fsp3) is 0.600. The van der Waals surface area contributed by atoms with Gasteiger partial charge in [-0.2, -0.15) is 5.10 Å². The van der Waals surface area contributed by atoms with Crippen molar-refractivity contribution in [3.05, 3.63) is 18.0 Å². The highest BCUT2D eigenvalue weighted by Gasteiger charge is 2.22. The topological polar surface area (TPSA) is 44.1 Å². The second kappa shape index (κ2) is 3.82. The average molecular weight is 194 g/mol. The third kappa shape index (κ3) is 2.13. The molecular formula is C10H14N2O2. The summed E-state index contributed by atoms with van der Waals surface area (Å²) >= 11 is 0. The van der Waals surface area contributed by atoms with E-state index < -0.39 is 0 Å². The molecule has 2 rings (SSSR count). The number of rotatable bonds is 4. The number of hydrogen-bond acceptors (Lipinski definition) is 3. The minimum atomic E-state index is -0.283. The average Bonchev–Trinajstić information content (AvgIpc) is 2.82. The maximum atomic E-state index is 11.3. The molecule has 0 N–H and O–H groups in total. The monoisotopic (exact) mass is 194 g/mol. The van der Waals surface area contributed by atoms with Gasteiger partial charge in [0.15, 0.2) is 0 Å². The summed E-state index contributed by atoms with van der Waals surface area (Å²) in [6.45, 7) is 3.14. The SMILES string of the molecule is CCOC(=O)c1cnn(CC2CC2)c1. The molecule has 1 heterocycles. The molecule has 1 aliphatic rings. The minimum Gasteiger partial charge on any atom is -0.462 e. The number of aromatic nitrogens is 2. The summed E-state index contributed by atoms with van der Waals surface area (Å²) in [5.41, 5.74) is 0.549. The number of ether oxygens (including phenoxy) is 1. The first kappa shape index (κ1) is 9.24. The first-order valence-electron chi connectivity index (χ1n) is 4.99. The van der Waals surface area contributed by atoms with Crippen molar-refractivity contribution in [2.24, 2.45) is 5.92 Å². The standard InChI is InChI=1S/C10H14N2O2/c1-2-14-10(13)9-5-11-12(7-9)6-8-3-4-8/h5,7-8H,2-4,6H2,1H3. The highest BCUT2D eigenvalue weighted by molar-refractivity contribution is 5.88. The van der Waals surface area contributed by atoms with E-state index in [1.807, 2.05) is 4.68 Å². The molecule has 0 bridgehead atoms. The fourth-order valence-corrected chi connectivity index (χ4v) is 1.35. The van der Waals surface area contributed by atoms with Gasteiger partial charge in [0.05, 0.1) is 18.4 Å². The van der Waals surface area contributed by atoms with Crippen molar-refractivity contribution in [3.8, 4) is 0 Å². The number of carbonyl (C=O) groups excluding carboxylic acids is 1. The Balaban J connectivity index is 1.97. The van der Waals surface area contributed by atoms with Crippen LogP contribution in [0.1, 0.15) is 30.1 Å². The van der Waals surface area contributed by atoms with E-state index in [4.69, 9.17) is 4.74 Å². The first-order chi connectivity index (χ1) is 6.79. The quantitative estimate of drug-likeness (QED) is 0.682. The molecule has 1 aromatic heterocycles. The number of hydrogen-bond donors (Lipinski definition) is 0. The van der Waals surface area contributed by atoms with Gasteiger partial charge in [0.25, 0.3) is 0 Å². The van der Waals surface area contributed by atoms with Gasteiger partial charge >= 0.3 is 5.97 Å². The Morgan fingerprint density at radius 3 is 3.14 bits per heavy atom. The van der Waals surface area contributed by atoms with Gasteiger partial charge in [-0.25, -0.2) is 4.79 Å². The lowest BCUT2D eigenvalue weighted by molar-refractivity contribution is 0.0526. The van der Waals surface area contributed by atoms with E-state index in [9.17, 15) is 4.79 Å². The van der Waals surface area contributed by atoms with Crippen molar-refractivity contribution < 1.29 is 9.53 Å². The van der Waals surface area contributed by atoms with Gasteiger partial charge in [-0.15, -0.1) is 0 Å². The van der Waals surface area contributed by atoms with Gasteiger partial charge in [0.1, 0.15) is 0 Å². The highest BCUT2D eigenvalue weighted by Crippen LogP contribution is 2.30. The third-order valence-corrected chi connectivity index (χ3v) is 2.29. The predicted molar refractivity (Wildman–Crippen MR) is 50.9 cm³/mol. The minimum absolute atomic E-state index is 0.283. The number of esters is 1. The molecule has 1 fully saturated rings. The summed E-state index contributed by atoms with van der Waals surface area (Å²) in [4.78, 5) is 11.3. The van der Waals surface area contributed by atoms with E-state index in [2.05, 4.69) is 5.10 Å². The summed E-state index contributed by atoms with van der Waals surface area (Å²) in [7, 11) is 0. The van der Waals surface area contributed by atoms with Crippen molar-refractivity contribution in [1.29, 1.82) is 0 Å². The van der Waals surface area contributed by atoms with E-state index >= 15 is 0 Å². The molecule has 1 saturated carbocycles. The second-order valence-electron chi connectivity index (χ2n) is 3.61. The van der Waals surface area contributed by atoms with Crippen LogP contribution >= 0.6 is 0 Å². The zero-order chi connectivity index (χ0) is 9.97. The van der Waals surface area contributed by atoms with Crippen LogP contribution in [0.3, 0.4) is 0 Å². The Hall–Kier alpha value is -1.32. The van der Waals surface area contributed by atoms with Crippen molar-refractivity contribution in [2.45, 2.75) is 26.3 Å². The first-order valence-corrected chi connectivity index (χ1v) is 4.99. The second-order valence-corrected chi connectivity index (χ2v) is 3.61. The lowest BCUT2D eigenvalue weighted by atomic mass is 10.4. The Morgan fingerprint density at radius 2 is 2.50 bits per heavy atom. The van der Waals surface area contributed by atoms with Crippen LogP contribution in [0.5, 0.6) is 0 Å². The zero-order valence-corrected chi connectivity index (χ0v) is 8.27. The van der Waals surface area contributed by atoms with Crippen LogP contribution in [0.4, 0.5) is 0 Å². The maximum absolute atomic E-state index is 11.3. The van der Waals surface area contributed by atoms with Gasteiger partial charge in [-0.1, -0.05) is 0 Å². The third-order valence-electron chi connectivity index (χ3n) is 2.29. The Kier molecular flexibility index (Phi) is 2.52. The molecule has 0 radical (unpaired) electrons. The Bertz CT molecular complexity index is 329. The van der Waals surface area contributed by atoms with Crippen LogP contribution in [0, 0.1) is 5.92 Å². The number of nitrogens with zero attached hydrogens (tertiary/aromatic N) is 2. The molecule has 0 aliphatic heterocycles. The summed E-state index contributed by atoms with van der Waals surface area (Å²) in [6.07, 6.45) is 5.90. The molecular weight excluding hydrogens is 180 g/mol. The van der Waals surface area contributed by atoms with Crippen molar-refractivity contribution >= 4 is 5.97 Å². The molecule has 1 aliphatic carbocycles. The maximum Gasteiger partial charge on any atom is 0.341 e. The van der Waals surface area contributed by atoms with Gasteiger partial charge in [0, 0.05) is 12.7 Å². The van der Waals surface area contributed by atoms with E-state index in [0.29, 0.717) is 12.2 Å². The van der Waals surface area contributed by atoms with Crippen LogP contribution in [-0.4, -0.2) is 22.4 Å². The molecule has 14 heavy (non-hydrogen) atoms. The van der Waals surface area contributed by atoms with Gasteiger partial charge in [-0.3, -0.25) is 4.68 Å². The van der Waals surface area contributed by atoms with E-state index in [-0.39, 0.29) is 5.97 Å². The van der Waals surface area contributed by atoms with Gasteiger partial charge < -0.3 is 4.74 Å². The molecule has 0 aromatic carbocycles. The summed E-state index contributed by atoms with van der Waals surface area (Å²) in [6, 6.07) is 0. The zero-order valence-electron chi connectivity index (χ0n) is 8.27. The highest BCUT2D eigenvalue weighted by atomic mass is 16.5. The van der Waals surface area contributed by atoms with E-state index in [0.717, 1.165) is 12.5 Å². The van der Waals surface area contributed by atoms with E-state index in [1.54, 1.807) is 19.3 Å². The number of carbonyl (C=O) groups is 1. The van der Waals surface area contributed by atoms with Gasteiger partial charge in [-0.05, 0) is 25.7 Å². The molecule has 4 heteroatoms. The molecule has 0 atom stereocenters. The lowest BCUT2D eigenvalue weighted by Gasteiger charge is -1.98. The molecule has 4 nitrogen and oxygen atoms in total. The lowest BCUT2D eigenvalue weighted by Crippen LogP contribution is -2.04. The smallest absolute Gasteiger partial charge is 0.341 e. The largest absolute Gasteiger partial charge is 0.462 e. The molecule has 0 saturated heterocycles. The normalized spacial score (nSPS) is 15.5. The molecule has 0 amide bonds. The predicted octanol–water partition coefficient (Wildman–Crippen LogP) is 1.47. The van der Waals surface area contributed by atoms with Crippen molar-refractivity contribution in [1.82, 2.24) is 9.78 Å². The Morgan fingerprint density at radius 1 is 1.71 bits per heavy atom. The van der Waals surface area contributed by atoms with Gasteiger partial charge in [0.2, 0.25) is 0 Å². The summed E-state index contributed by atoms with van der Waals surface area (Å²) < 4.78 is 6.69. The molecule has 1 aromatic rings. The van der Waals surface area contributed by atoms with Crippen LogP contribution in [0.15, 0.2) is 12.4 Å². The molecule has 0 spiro atoms. The van der Waals surface area contributed by atoms with Crippen molar-refractivity contribution in [3.63, 3.8) is 0 Å².